The van der Waals surface area contributed by atoms with Crippen molar-refractivity contribution in [1.82, 2.24) is 5.32 Å². The Morgan fingerprint density at radius 2 is 0.672 bits per heavy atom. The van der Waals surface area contributed by atoms with E-state index in [9.17, 15) is 20.1 Å². The standard InChI is InChI=1S/C56H111NO4/c1-3-5-7-9-11-13-15-17-19-21-22-23-24-25-26-27-28-29-30-31-32-33-34-35-37-39-41-43-45-47-49-53(59)51-56(61)57-54(52-58)55(60)50-48-46-44-42-40-38-36-20-18-16-14-12-10-8-6-4-2/h48,50,53-55,58-60H,3-47,49,51-52H2,1-2H3,(H,57,61)/b50-48+. The van der Waals surface area contributed by atoms with Gasteiger partial charge in [-0.25, -0.2) is 0 Å². The molecule has 0 radical (unpaired) electrons. The number of unbranched alkanes of at least 4 members (excludes halogenated alkanes) is 43. The van der Waals surface area contributed by atoms with Gasteiger partial charge in [0, 0.05) is 0 Å². The Bertz CT molecular complexity index is 864. The number of hydrogen-bond acceptors (Lipinski definition) is 4. The van der Waals surface area contributed by atoms with Crippen molar-refractivity contribution in [2.45, 2.75) is 334 Å². The van der Waals surface area contributed by atoms with Crippen LogP contribution < -0.4 is 5.32 Å². The van der Waals surface area contributed by atoms with Gasteiger partial charge in [-0.3, -0.25) is 4.79 Å². The van der Waals surface area contributed by atoms with E-state index in [0.29, 0.717) is 6.42 Å². The highest BCUT2D eigenvalue weighted by Gasteiger charge is 2.20. The second kappa shape index (κ2) is 51.7. The molecular formula is C56H111NO4. The number of aliphatic hydroxyl groups excluding tert-OH is 3. The van der Waals surface area contributed by atoms with Gasteiger partial charge in [-0.15, -0.1) is 0 Å². The lowest BCUT2D eigenvalue weighted by Crippen LogP contribution is -2.45. The lowest BCUT2D eigenvalue weighted by molar-refractivity contribution is -0.124. The van der Waals surface area contributed by atoms with Crippen LogP contribution in [-0.4, -0.2) is 46.1 Å². The number of rotatable bonds is 52. The number of amides is 1. The van der Waals surface area contributed by atoms with Crippen molar-refractivity contribution in [2.75, 3.05) is 6.61 Å². The summed E-state index contributed by atoms with van der Waals surface area (Å²) >= 11 is 0. The van der Waals surface area contributed by atoms with Gasteiger partial charge in [-0.1, -0.05) is 302 Å². The Labute approximate surface area is 382 Å². The van der Waals surface area contributed by atoms with Gasteiger partial charge in [0.15, 0.2) is 0 Å². The zero-order valence-electron chi connectivity index (χ0n) is 41.6. The summed E-state index contributed by atoms with van der Waals surface area (Å²) in [5.41, 5.74) is 0. The number of aliphatic hydroxyl groups is 3. The molecule has 0 rings (SSSR count). The van der Waals surface area contributed by atoms with Crippen molar-refractivity contribution in [3.8, 4) is 0 Å². The summed E-state index contributed by atoms with van der Waals surface area (Å²) in [4.78, 5) is 12.5. The Morgan fingerprint density at radius 1 is 0.410 bits per heavy atom. The first-order chi connectivity index (χ1) is 30.0. The van der Waals surface area contributed by atoms with Crippen molar-refractivity contribution >= 4 is 5.91 Å². The molecule has 0 aliphatic rings. The van der Waals surface area contributed by atoms with E-state index in [2.05, 4.69) is 19.2 Å². The maximum atomic E-state index is 12.5. The number of allylic oxidation sites excluding steroid dienone is 1. The van der Waals surface area contributed by atoms with Crippen LogP contribution in [0.4, 0.5) is 0 Å². The maximum Gasteiger partial charge on any atom is 0.222 e. The molecule has 0 aromatic carbocycles. The van der Waals surface area contributed by atoms with Crippen LogP contribution >= 0.6 is 0 Å². The van der Waals surface area contributed by atoms with E-state index in [1.165, 1.54) is 263 Å². The van der Waals surface area contributed by atoms with Gasteiger partial charge >= 0.3 is 0 Å². The van der Waals surface area contributed by atoms with Crippen LogP contribution in [0.3, 0.4) is 0 Å². The third-order valence-corrected chi connectivity index (χ3v) is 13.3. The van der Waals surface area contributed by atoms with Crippen molar-refractivity contribution < 1.29 is 20.1 Å². The minimum absolute atomic E-state index is 0.0194. The highest BCUT2D eigenvalue weighted by molar-refractivity contribution is 5.76. The van der Waals surface area contributed by atoms with Crippen molar-refractivity contribution in [3.05, 3.63) is 12.2 Å². The van der Waals surface area contributed by atoms with Gasteiger partial charge in [-0.05, 0) is 19.3 Å². The van der Waals surface area contributed by atoms with Gasteiger partial charge in [0.25, 0.3) is 0 Å². The summed E-state index contributed by atoms with van der Waals surface area (Å²) in [5, 5.41) is 33.4. The number of carbonyl (C=O) groups excluding carboxylic acids is 1. The fraction of sp³-hybridized carbons (Fsp3) is 0.946. The molecular weight excluding hydrogens is 751 g/mol. The van der Waals surface area contributed by atoms with Crippen LogP contribution in [-0.2, 0) is 4.79 Å². The molecule has 0 aromatic rings. The van der Waals surface area contributed by atoms with Crippen LogP contribution in [0.1, 0.15) is 316 Å². The summed E-state index contributed by atoms with van der Waals surface area (Å²) in [6, 6.07) is -0.740. The van der Waals surface area contributed by atoms with Crippen molar-refractivity contribution in [1.29, 1.82) is 0 Å². The van der Waals surface area contributed by atoms with Gasteiger partial charge in [-0.2, -0.15) is 0 Å². The molecule has 0 aliphatic heterocycles. The second-order valence-corrected chi connectivity index (χ2v) is 19.6. The van der Waals surface area contributed by atoms with E-state index in [1.54, 1.807) is 6.08 Å². The average Bonchev–Trinajstić information content (AvgIpc) is 3.25. The monoisotopic (exact) mass is 862 g/mol. The smallest absolute Gasteiger partial charge is 0.222 e. The third kappa shape index (κ3) is 48.4. The highest BCUT2D eigenvalue weighted by atomic mass is 16.3. The molecule has 3 unspecified atom stereocenters. The number of carbonyl (C=O) groups is 1. The Hall–Kier alpha value is -0.910. The molecule has 0 bridgehead atoms. The first kappa shape index (κ1) is 60.1. The summed E-state index contributed by atoms with van der Waals surface area (Å²) in [5.74, 6) is -0.309. The molecule has 1 amide bonds. The van der Waals surface area contributed by atoms with Crippen LogP contribution in [0.25, 0.3) is 0 Å². The predicted octanol–water partition coefficient (Wildman–Crippen LogP) is 17.1. The molecule has 0 saturated heterocycles. The van der Waals surface area contributed by atoms with E-state index in [0.717, 1.165) is 25.7 Å². The molecule has 0 heterocycles. The molecule has 0 aliphatic carbocycles. The van der Waals surface area contributed by atoms with Crippen LogP contribution in [0.2, 0.25) is 0 Å². The number of nitrogens with one attached hydrogen (secondary N) is 1. The van der Waals surface area contributed by atoms with E-state index >= 15 is 0 Å². The van der Waals surface area contributed by atoms with Gasteiger partial charge in [0.2, 0.25) is 5.91 Å². The molecule has 364 valence electrons. The maximum absolute atomic E-state index is 12.5. The van der Waals surface area contributed by atoms with Crippen LogP contribution in [0, 0.1) is 0 Å². The van der Waals surface area contributed by atoms with Gasteiger partial charge in [0.05, 0.1) is 31.3 Å². The van der Waals surface area contributed by atoms with E-state index in [-0.39, 0.29) is 18.9 Å². The van der Waals surface area contributed by atoms with Gasteiger partial charge < -0.3 is 20.6 Å². The predicted molar refractivity (Wildman–Crippen MR) is 269 cm³/mol. The molecule has 5 nitrogen and oxygen atoms in total. The molecule has 0 spiro atoms. The fourth-order valence-corrected chi connectivity index (χ4v) is 9.05. The quantitative estimate of drug-likeness (QED) is 0.0362. The Kier molecular flexibility index (Phi) is 51.0. The molecule has 0 fully saturated rings. The molecule has 4 N–H and O–H groups in total. The topological polar surface area (TPSA) is 89.8 Å². The molecule has 5 heteroatoms. The van der Waals surface area contributed by atoms with E-state index in [1.807, 2.05) is 6.08 Å². The SMILES string of the molecule is CCCCCCCCCCCCCCCC/C=C/C(O)C(CO)NC(=O)CC(O)CCCCCCCCCCCCCCCCCCCCCCCCCCCCCCCC. The average molecular weight is 863 g/mol. The van der Waals surface area contributed by atoms with Crippen LogP contribution in [0.5, 0.6) is 0 Å². The molecule has 0 aromatic heterocycles. The third-order valence-electron chi connectivity index (χ3n) is 13.3. The summed E-state index contributed by atoms with van der Waals surface area (Å²) in [6.45, 7) is 4.25. The van der Waals surface area contributed by atoms with E-state index in [4.69, 9.17) is 0 Å². The first-order valence-electron chi connectivity index (χ1n) is 28.0. The normalized spacial score (nSPS) is 13.3. The zero-order chi connectivity index (χ0) is 44.4. The second-order valence-electron chi connectivity index (χ2n) is 19.6. The Balaban J connectivity index is 3.49. The summed E-state index contributed by atoms with van der Waals surface area (Å²) in [6.07, 6.45) is 64.1. The largest absolute Gasteiger partial charge is 0.394 e. The Morgan fingerprint density at radius 3 is 0.951 bits per heavy atom. The van der Waals surface area contributed by atoms with E-state index < -0.39 is 18.2 Å². The lowest BCUT2D eigenvalue weighted by Gasteiger charge is -2.21. The first-order valence-corrected chi connectivity index (χ1v) is 28.0. The molecule has 61 heavy (non-hydrogen) atoms. The number of hydrogen-bond donors (Lipinski definition) is 4. The minimum Gasteiger partial charge on any atom is -0.394 e. The zero-order valence-corrected chi connectivity index (χ0v) is 41.6. The van der Waals surface area contributed by atoms with Crippen LogP contribution in [0.15, 0.2) is 12.2 Å². The lowest BCUT2D eigenvalue weighted by atomic mass is 10.0. The molecule has 3 atom stereocenters. The fourth-order valence-electron chi connectivity index (χ4n) is 9.05. The molecule has 0 saturated carbocycles. The minimum atomic E-state index is -0.925. The highest BCUT2D eigenvalue weighted by Crippen LogP contribution is 2.18. The van der Waals surface area contributed by atoms with Gasteiger partial charge in [0.1, 0.15) is 0 Å². The summed E-state index contributed by atoms with van der Waals surface area (Å²) < 4.78 is 0. The van der Waals surface area contributed by atoms with Crippen molar-refractivity contribution in [3.63, 3.8) is 0 Å². The van der Waals surface area contributed by atoms with Crippen molar-refractivity contribution in [2.24, 2.45) is 0 Å². The summed E-state index contributed by atoms with van der Waals surface area (Å²) in [7, 11) is 0.